The zero-order chi connectivity index (χ0) is 10.6. The lowest BCUT2D eigenvalue weighted by atomic mass is 10.2. The summed E-state index contributed by atoms with van der Waals surface area (Å²) < 4.78 is 0. The molecule has 0 radical (unpaired) electrons. The Balaban J connectivity index is 2.65. The lowest BCUT2D eigenvalue weighted by molar-refractivity contribution is -0.117. The SMILES string of the molecule is C/C(=C\c1cccs1)C(=O)NC(C)C. The molecule has 0 aliphatic heterocycles. The molecule has 3 heteroatoms. The van der Waals surface area contributed by atoms with Crippen molar-refractivity contribution in [2.75, 3.05) is 0 Å². The van der Waals surface area contributed by atoms with Crippen LogP contribution >= 0.6 is 11.3 Å². The van der Waals surface area contributed by atoms with E-state index in [0.717, 1.165) is 10.5 Å². The van der Waals surface area contributed by atoms with Crippen molar-refractivity contribution >= 4 is 23.3 Å². The topological polar surface area (TPSA) is 29.1 Å². The highest BCUT2D eigenvalue weighted by molar-refractivity contribution is 7.10. The number of carbonyl (C=O) groups is 1. The first kappa shape index (κ1) is 11.0. The minimum absolute atomic E-state index is 0.00778. The van der Waals surface area contributed by atoms with Crippen LogP contribution in [-0.4, -0.2) is 11.9 Å². The van der Waals surface area contributed by atoms with Gasteiger partial charge in [0.05, 0.1) is 0 Å². The van der Waals surface area contributed by atoms with Crippen LogP contribution in [0.2, 0.25) is 0 Å². The molecule has 76 valence electrons. The molecule has 14 heavy (non-hydrogen) atoms. The molecule has 1 heterocycles. The van der Waals surface area contributed by atoms with Crippen molar-refractivity contribution in [3.8, 4) is 0 Å². The van der Waals surface area contributed by atoms with Crippen molar-refractivity contribution in [3.63, 3.8) is 0 Å². The highest BCUT2D eigenvalue weighted by Crippen LogP contribution is 2.13. The van der Waals surface area contributed by atoms with Gasteiger partial charge in [0, 0.05) is 16.5 Å². The van der Waals surface area contributed by atoms with Gasteiger partial charge < -0.3 is 5.32 Å². The van der Waals surface area contributed by atoms with Gasteiger partial charge in [-0.2, -0.15) is 0 Å². The maximum Gasteiger partial charge on any atom is 0.247 e. The molecule has 0 unspecified atom stereocenters. The maximum atomic E-state index is 11.5. The number of hydrogen-bond donors (Lipinski definition) is 1. The summed E-state index contributed by atoms with van der Waals surface area (Å²) in [6, 6.07) is 4.16. The minimum atomic E-state index is 0.00778. The van der Waals surface area contributed by atoms with Crippen LogP contribution in [0.25, 0.3) is 6.08 Å². The average molecular weight is 209 g/mol. The van der Waals surface area contributed by atoms with Gasteiger partial charge in [-0.25, -0.2) is 0 Å². The second-order valence-corrected chi connectivity index (χ2v) is 4.45. The van der Waals surface area contributed by atoms with Crippen molar-refractivity contribution in [1.82, 2.24) is 5.32 Å². The van der Waals surface area contributed by atoms with E-state index in [4.69, 9.17) is 0 Å². The smallest absolute Gasteiger partial charge is 0.247 e. The van der Waals surface area contributed by atoms with Gasteiger partial charge in [0.2, 0.25) is 5.91 Å². The van der Waals surface area contributed by atoms with Gasteiger partial charge in [-0.3, -0.25) is 4.79 Å². The summed E-state index contributed by atoms with van der Waals surface area (Å²) in [5, 5.41) is 4.85. The van der Waals surface area contributed by atoms with E-state index in [-0.39, 0.29) is 11.9 Å². The molecular formula is C11H15NOS. The van der Waals surface area contributed by atoms with Crippen molar-refractivity contribution in [2.24, 2.45) is 0 Å². The van der Waals surface area contributed by atoms with E-state index in [2.05, 4.69) is 5.32 Å². The standard InChI is InChI=1S/C11H15NOS/c1-8(2)12-11(13)9(3)7-10-5-4-6-14-10/h4-8H,1-3H3,(H,12,13)/b9-7+. The fourth-order valence-electron chi connectivity index (χ4n) is 1.03. The molecule has 1 rings (SSSR count). The van der Waals surface area contributed by atoms with E-state index < -0.39 is 0 Å². The lowest BCUT2D eigenvalue weighted by Crippen LogP contribution is -2.30. The van der Waals surface area contributed by atoms with Gasteiger partial charge in [0.25, 0.3) is 0 Å². The van der Waals surface area contributed by atoms with Crippen LogP contribution in [0.5, 0.6) is 0 Å². The zero-order valence-electron chi connectivity index (χ0n) is 8.70. The number of carbonyl (C=O) groups excluding carboxylic acids is 1. The predicted octanol–water partition coefficient (Wildman–Crippen LogP) is 2.68. The zero-order valence-corrected chi connectivity index (χ0v) is 9.52. The summed E-state index contributed by atoms with van der Waals surface area (Å²) >= 11 is 1.63. The van der Waals surface area contributed by atoms with Crippen LogP contribution < -0.4 is 5.32 Å². The van der Waals surface area contributed by atoms with Crippen LogP contribution in [0.15, 0.2) is 23.1 Å². The maximum absolute atomic E-state index is 11.5. The molecular weight excluding hydrogens is 194 g/mol. The molecule has 1 aromatic heterocycles. The predicted molar refractivity (Wildman–Crippen MR) is 61.2 cm³/mol. The molecule has 0 atom stereocenters. The first-order chi connectivity index (χ1) is 6.59. The summed E-state index contributed by atoms with van der Waals surface area (Å²) in [6.45, 7) is 5.74. The molecule has 0 bridgehead atoms. The fraction of sp³-hybridized carbons (Fsp3) is 0.364. The summed E-state index contributed by atoms with van der Waals surface area (Å²) in [6.07, 6.45) is 1.91. The van der Waals surface area contributed by atoms with Crippen LogP contribution in [0, 0.1) is 0 Å². The summed E-state index contributed by atoms with van der Waals surface area (Å²) in [4.78, 5) is 12.6. The van der Waals surface area contributed by atoms with E-state index in [1.807, 2.05) is 44.4 Å². The quantitative estimate of drug-likeness (QED) is 0.762. The highest BCUT2D eigenvalue weighted by atomic mass is 32.1. The number of amides is 1. The Labute approximate surface area is 88.6 Å². The molecule has 2 nitrogen and oxygen atoms in total. The van der Waals surface area contributed by atoms with E-state index in [1.54, 1.807) is 11.3 Å². The van der Waals surface area contributed by atoms with Crippen LogP contribution in [0.3, 0.4) is 0 Å². The first-order valence-corrected chi connectivity index (χ1v) is 5.50. The molecule has 1 amide bonds. The Morgan fingerprint density at radius 2 is 2.29 bits per heavy atom. The van der Waals surface area contributed by atoms with Gasteiger partial charge in [0.1, 0.15) is 0 Å². The highest BCUT2D eigenvalue weighted by Gasteiger charge is 2.05. The van der Waals surface area contributed by atoms with Crippen LogP contribution in [0.4, 0.5) is 0 Å². The Morgan fingerprint density at radius 1 is 1.57 bits per heavy atom. The minimum Gasteiger partial charge on any atom is -0.350 e. The molecule has 0 saturated carbocycles. The Bertz CT molecular complexity index is 325. The number of hydrogen-bond acceptors (Lipinski definition) is 2. The molecule has 0 aliphatic carbocycles. The normalized spacial score (nSPS) is 11.9. The van der Waals surface area contributed by atoms with Crippen molar-refractivity contribution < 1.29 is 4.79 Å². The van der Waals surface area contributed by atoms with Crippen LogP contribution in [0.1, 0.15) is 25.6 Å². The van der Waals surface area contributed by atoms with Gasteiger partial charge in [-0.1, -0.05) is 6.07 Å². The third-order valence-corrected chi connectivity index (χ3v) is 2.50. The molecule has 0 saturated heterocycles. The van der Waals surface area contributed by atoms with Crippen molar-refractivity contribution in [2.45, 2.75) is 26.8 Å². The molecule has 1 N–H and O–H groups in total. The second kappa shape index (κ2) is 4.96. The molecule has 0 aliphatic rings. The number of thiophene rings is 1. The van der Waals surface area contributed by atoms with E-state index >= 15 is 0 Å². The molecule has 0 aromatic carbocycles. The third-order valence-electron chi connectivity index (χ3n) is 1.68. The number of nitrogens with one attached hydrogen (secondary N) is 1. The summed E-state index contributed by atoms with van der Waals surface area (Å²) in [5.74, 6) is 0.00778. The summed E-state index contributed by atoms with van der Waals surface area (Å²) in [7, 11) is 0. The largest absolute Gasteiger partial charge is 0.350 e. The van der Waals surface area contributed by atoms with E-state index in [0.29, 0.717) is 0 Å². The second-order valence-electron chi connectivity index (χ2n) is 3.47. The van der Waals surface area contributed by atoms with Crippen molar-refractivity contribution in [3.05, 3.63) is 28.0 Å². The molecule has 1 aromatic rings. The monoisotopic (exact) mass is 209 g/mol. The van der Waals surface area contributed by atoms with Crippen LogP contribution in [-0.2, 0) is 4.79 Å². The Hall–Kier alpha value is -1.09. The first-order valence-electron chi connectivity index (χ1n) is 4.62. The van der Waals surface area contributed by atoms with Gasteiger partial charge >= 0.3 is 0 Å². The third kappa shape index (κ3) is 3.34. The molecule has 0 spiro atoms. The van der Waals surface area contributed by atoms with Gasteiger partial charge in [-0.15, -0.1) is 11.3 Å². The summed E-state index contributed by atoms with van der Waals surface area (Å²) in [5.41, 5.74) is 0.751. The van der Waals surface area contributed by atoms with Crippen molar-refractivity contribution in [1.29, 1.82) is 0 Å². The number of rotatable bonds is 3. The van der Waals surface area contributed by atoms with Gasteiger partial charge in [-0.05, 0) is 38.3 Å². The van der Waals surface area contributed by atoms with E-state index in [9.17, 15) is 4.79 Å². The fourth-order valence-corrected chi connectivity index (χ4v) is 1.74. The van der Waals surface area contributed by atoms with Gasteiger partial charge in [0.15, 0.2) is 0 Å². The Kier molecular flexibility index (Phi) is 3.89. The molecule has 0 fully saturated rings. The van der Waals surface area contributed by atoms with E-state index in [1.165, 1.54) is 0 Å². The Morgan fingerprint density at radius 3 is 2.79 bits per heavy atom. The average Bonchev–Trinajstić information content (AvgIpc) is 2.55. The lowest BCUT2D eigenvalue weighted by Gasteiger charge is -2.07.